The number of amides is 9. The molecule has 30 heteroatoms. The van der Waals surface area contributed by atoms with Crippen molar-refractivity contribution in [3.05, 3.63) is 54.1 Å². The lowest BCUT2D eigenvalue weighted by Crippen LogP contribution is -2.62. The van der Waals surface area contributed by atoms with Gasteiger partial charge in [-0.3, -0.25) is 48.1 Å². The molecule has 0 saturated carbocycles. The summed E-state index contributed by atoms with van der Waals surface area (Å²) < 4.78 is 0. The van der Waals surface area contributed by atoms with Gasteiger partial charge in [0.2, 0.25) is 53.2 Å². The third-order valence-electron chi connectivity index (χ3n) is 11.6. The zero-order valence-corrected chi connectivity index (χ0v) is 41.4. The van der Waals surface area contributed by atoms with Crippen molar-refractivity contribution in [3.63, 3.8) is 0 Å². The van der Waals surface area contributed by atoms with Gasteiger partial charge in [-0.05, 0) is 37.2 Å². The Morgan fingerprint density at radius 1 is 0.693 bits per heavy atom. The van der Waals surface area contributed by atoms with Crippen LogP contribution in [0.15, 0.2) is 47.8 Å². The first-order chi connectivity index (χ1) is 35.7. The van der Waals surface area contributed by atoms with Gasteiger partial charge in [0.15, 0.2) is 5.96 Å². The lowest BCUT2D eigenvalue weighted by atomic mass is 10.0. The molecule has 414 valence electrons. The average Bonchev–Trinajstić information content (AvgIpc) is 4.10. The minimum Gasteiger partial charge on any atom is -0.480 e. The van der Waals surface area contributed by atoms with Gasteiger partial charge in [0.1, 0.15) is 54.4 Å². The van der Waals surface area contributed by atoms with Crippen LogP contribution in [-0.2, 0) is 60.8 Å². The lowest BCUT2D eigenvalue weighted by molar-refractivity contribution is -0.143. The Kier molecular flexibility index (Phi) is 25.5. The molecule has 3 rings (SSSR count). The normalized spacial score (nSPS) is 16.3. The highest BCUT2D eigenvalue weighted by Crippen LogP contribution is 2.20. The molecule has 20 N–H and O–H groups in total. The Balaban J connectivity index is 1.68. The maximum atomic E-state index is 13.9. The number of aliphatic imine (C=N–C) groups is 1. The van der Waals surface area contributed by atoms with Crippen molar-refractivity contribution < 1.29 is 73.5 Å². The molecular weight excluding hydrogens is 991 g/mol. The number of hydrogen-bond donors (Lipinski definition) is 17. The summed E-state index contributed by atoms with van der Waals surface area (Å²) in [6.45, 7) is -1.54. The van der Waals surface area contributed by atoms with E-state index in [9.17, 15) is 73.5 Å². The van der Waals surface area contributed by atoms with Gasteiger partial charge < -0.3 is 95.2 Å². The highest BCUT2D eigenvalue weighted by molar-refractivity contribution is 5.98. The van der Waals surface area contributed by atoms with Gasteiger partial charge in [-0.25, -0.2) is 9.78 Å². The first-order valence-corrected chi connectivity index (χ1v) is 23.8. The van der Waals surface area contributed by atoms with Crippen LogP contribution in [-0.4, -0.2) is 206 Å². The number of carboxylic acids is 1. The summed E-state index contributed by atoms with van der Waals surface area (Å²) >= 11 is 0. The zero-order valence-electron chi connectivity index (χ0n) is 41.4. The number of carbonyl (C=O) groups excluding carboxylic acids is 9. The van der Waals surface area contributed by atoms with E-state index in [4.69, 9.17) is 17.2 Å². The fourth-order valence-corrected chi connectivity index (χ4v) is 7.58. The number of aromatic amines is 1. The zero-order chi connectivity index (χ0) is 55.8. The van der Waals surface area contributed by atoms with E-state index in [2.05, 4.69) is 57.5 Å². The summed E-state index contributed by atoms with van der Waals surface area (Å²) in [5.74, 6) is -11.1. The maximum absolute atomic E-state index is 13.9. The molecule has 2 aromatic rings. The lowest BCUT2D eigenvalue weighted by Gasteiger charge is -2.30. The number of aliphatic carboxylic acids is 1. The number of H-pyrrole nitrogens is 1. The molecule has 30 nitrogen and oxygen atoms in total. The molecule has 2 heterocycles. The SMILES string of the molecule is CC(C)[C@H](NC(=O)[C@H](CO)NC(=O)[C@H](CO)NC(=O)[C@H](CO)NC(=O)[C@H](Cc1cnc[nH]1)NC(=O)[C@@H]1CCCN1C(=O)[C@H](Cc1ccccc1)NC(=O)CN)C(=O)N[C@@H](CO)C(=O)N[C@@H](CCCN=C(N)N)C(=O)O. The van der Waals surface area contributed by atoms with Crippen LogP contribution in [0, 0.1) is 5.92 Å². The molecule has 1 saturated heterocycles. The summed E-state index contributed by atoms with van der Waals surface area (Å²) in [5.41, 5.74) is 17.1. The van der Waals surface area contributed by atoms with E-state index in [-0.39, 0.29) is 51.2 Å². The van der Waals surface area contributed by atoms with Crippen LogP contribution < -0.4 is 59.7 Å². The molecule has 0 unspecified atom stereocenters. The van der Waals surface area contributed by atoms with Gasteiger partial charge in [0.05, 0.1) is 39.3 Å². The number of nitrogens with one attached hydrogen (secondary N) is 9. The number of nitrogens with zero attached hydrogens (tertiary/aromatic N) is 3. The average molecular weight is 1060 g/mol. The third kappa shape index (κ3) is 19.5. The molecule has 1 aromatic carbocycles. The number of carboxylic acid groups (broad SMARTS) is 1. The number of aliphatic hydroxyl groups is 4. The number of nitrogens with two attached hydrogens (primary N) is 3. The molecule has 9 atom stereocenters. The second-order valence-corrected chi connectivity index (χ2v) is 17.6. The number of guanidine groups is 1. The van der Waals surface area contributed by atoms with Crippen LogP contribution in [0.3, 0.4) is 0 Å². The quantitative estimate of drug-likeness (QED) is 0.0189. The molecular formula is C45H69N15O15. The topological polar surface area (TPSA) is 490 Å². The van der Waals surface area contributed by atoms with E-state index in [1.165, 1.54) is 31.3 Å². The van der Waals surface area contributed by atoms with Crippen molar-refractivity contribution in [1.82, 2.24) is 57.4 Å². The predicted molar refractivity (Wildman–Crippen MR) is 262 cm³/mol. The van der Waals surface area contributed by atoms with Crippen molar-refractivity contribution in [1.29, 1.82) is 0 Å². The van der Waals surface area contributed by atoms with Crippen LogP contribution >= 0.6 is 0 Å². The highest BCUT2D eigenvalue weighted by Gasteiger charge is 2.40. The smallest absolute Gasteiger partial charge is 0.326 e. The second kappa shape index (κ2) is 31.1. The Labute approximate surface area is 430 Å². The summed E-state index contributed by atoms with van der Waals surface area (Å²) in [6.07, 6.45) is 3.13. The van der Waals surface area contributed by atoms with Gasteiger partial charge in [-0.15, -0.1) is 0 Å². The largest absolute Gasteiger partial charge is 0.480 e. The molecule has 1 aliphatic rings. The Bertz CT molecular complexity index is 2280. The summed E-state index contributed by atoms with van der Waals surface area (Å²) in [6, 6.07) is -5.02. The van der Waals surface area contributed by atoms with Gasteiger partial charge in [0.25, 0.3) is 0 Å². The molecule has 9 amide bonds. The van der Waals surface area contributed by atoms with Gasteiger partial charge in [0, 0.05) is 37.8 Å². The fourth-order valence-electron chi connectivity index (χ4n) is 7.58. The highest BCUT2D eigenvalue weighted by atomic mass is 16.4. The summed E-state index contributed by atoms with van der Waals surface area (Å²) in [7, 11) is 0. The van der Waals surface area contributed by atoms with E-state index in [0.717, 1.165) is 5.56 Å². The van der Waals surface area contributed by atoms with Crippen LogP contribution in [0.2, 0.25) is 0 Å². The van der Waals surface area contributed by atoms with Gasteiger partial charge >= 0.3 is 5.97 Å². The fraction of sp³-hybridized carbons (Fsp3) is 0.556. The molecule has 1 fully saturated rings. The number of aromatic nitrogens is 2. The number of carbonyl (C=O) groups is 10. The minimum absolute atomic E-state index is 0.0536. The molecule has 75 heavy (non-hydrogen) atoms. The van der Waals surface area contributed by atoms with E-state index in [0.29, 0.717) is 12.1 Å². The van der Waals surface area contributed by atoms with E-state index >= 15 is 0 Å². The van der Waals surface area contributed by atoms with Crippen LogP contribution in [0.5, 0.6) is 0 Å². The van der Waals surface area contributed by atoms with Crippen LogP contribution in [0.25, 0.3) is 0 Å². The Morgan fingerprint density at radius 3 is 1.69 bits per heavy atom. The van der Waals surface area contributed by atoms with Crippen LogP contribution in [0.4, 0.5) is 0 Å². The number of imidazole rings is 1. The van der Waals surface area contributed by atoms with Gasteiger partial charge in [-0.2, -0.15) is 0 Å². The van der Waals surface area contributed by atoms with Crippen molar-refractivity contribution >= 4 is 65.1 Å². The first-order valence-electron chi connectivity index (χ1n) is 23.8. The molecule has 1 aromatic heterocycles. The minimum atomic E-state index is -1.88. The third-order valence-corrected chi connectivity index (χ3v) is 11.6. The molecule has 0 radical (unpaired) electrons. The van der Waals surface area contributed by atoms with E-state index in [1.54, 1.807) is 30.3 Å². The van der Waals surface area contributed by atoms with Crippen molar-refractivity contribution in [2.45, 2.75) is 107 Å². The predicted octanol–water partition coefficient (Wildman–Crippen LogP) is -8.21. The standard InChI is InChI=1S/C45H69N15O15/c1-23(2)35(42(72)58-31(20-63)37(67)53-26(44(74)75)10-6-12-50-45(47)48)59-40(70)32(21-64)57-39(69)30(19-62)56-38(68)29(18-61)55-36(66)27(15-25-17-49-22-51-25)54-41(71)33-11-7-13-60(33)43(73)28(52-34(65)16-46)14-24-8-4-3-5-9-24/h3-5,8-9,17,22-23,26-33,35,61-64H,6-7,10-16,18-21,46H2,1-2H3,(H,49,51)(H,52,65)(H,53,67)(H,54,71)(H,55,66)(H,56,68)(H,57,69)(H,58,72)(H,59,70)(H,74,75)(H4,47,48,50)/t26-,27-,28-,29-,30-,31-,32-,33-,35-/m0/s1. The number of rotatable bonds is 31. The van der Waals surface area contributed by atoms with E-state index < -0.39 is 152 Å². The summed E-state index contributed by atoms with van der Waals surface area (Å²) in [4.78, 5) is 144. The molecule has 1 aliphatic heterocycles. The molecule has 0 aliphatic carbocycles. The second-order valence-electron chi connectivity index (χ2n) is 17.6. The van der Waals surface area contributed by atoms with Crippen molar-refractivity contribution in [2.24, 2.45) is 28.1 Å². The number of aliphatic hydroxyl groups excluding tert-OH is 4. The van der Waals surface area contributed by atoms with Gasteiger partial charge in [-0.1, -0.05) is 44.2 Å². The summed E-state index contributed by atoms with van der Waals surface area (Å²) in [5, 5.41) is 68.4. The van der Waals surface area contributed by atoms with Crippen LogP contribution in [0.1, 0.15) is 50.8 Å². The monoisotopic (exact) mass is 1060 g/mol. The molecule has 0 spiro atoms. The van der Waals surface area contributed by atoms with Crippen molar-refractivity contribution in [2.75, 3.05) is 46.1 Å². The van der Waals surface area contributed by atoms with E-state index in [1.807, 2.05) is 0 Å². The number of hydrogen-bond acceptors (Lipinski definition) is 17. The number of likely N-dealkylation sites (tertiary alicyclic amines) is 1. The van der Waals surface area contributed by atoms with Crippen molar-refractivity contribution in [3.8, 4) is 0 Å². The maximum Gasteiger partial charge on any atom is 0.326 e. The molecule has 0 bridgehead atoms. The Hall–Kier alpha value is -7.80. The number of benzene rings is 1. The first kappa shape index (κ1) is 61.5. The Morgan fingerprint density at radius 2 is 1.21 bits per heavy atom.